The lowest BCUT2D eigenvalue weighted by molar-refractivity contribution is -0.385. The fraction of sp³-hybridized carbons (Fsp3) is 0.0667. The van der Waals surface area contributed by atoms with Crippen molar-refractivity contribution in [1.82, 2.24) is 10.4 Å². The first kappa shape index (κ1) is 19.1. The molecule has 0 aliphatic carbocycles. The molecule has 2 rings (SSSR count). The summed E-state index contributed by atoms with van der Waals surface area (Å²) in [6, 6.07) is 8.84. The number of nitrogens with zero attached hydrogens (tertiary/aromatic N) is 3. The van der Waals surface area contributed by atoms with Crippen LogP contribution in [-0.4, -0.2) is 34.0 Å². The lowest BCUT2D eigenvalue weighted by atomic mass is 10.3. The Hall–Kier alpha value is -4.22. The van der Waals surface area contributed by atoms with Gasteiger partial charge in [0, 0.05) is 42.7 Å². The monoisotopic (exact) mass is 374 g/mol. The zero-order chi connectivity index (χ0) is 20.0. The van der Waals surface area contributed by atoms with E-state index in [2.05, 4.69) is 16.1 Å². The molecule has 0 saturated carbocycles. The third-order valence-electron chi connectivity index (χ3n) is 3.24. The summed E-state index contributed by atoms with van der Waals surface area (Å²) in [5.41, 5.74) is 2.59. The molecule has 0 heterocycles. The lowest BCUT2D eigenvalue weighted by Gasteiger charge is -2.19. The fourth-order valence-corrected chi connectivity index (χ4v) is 1.90. The maximum atomic E-state index is 12.0. The molecule has 0 aromatic heterocycles. The molecule has 0 aliphatic heterocycles. The van der Waals surface area contributed by atoms with E-state index in [1.807, 2.05) is 0 Å². The minimum atomic E-state index is -0.745. The third-order valence-corrected chi connectivity index (χ3v) is 3.24. The molecule has 0 atom stereocenters. The van der Waals surface area contributed by atoms with E-state index in [4.69, 9.17) is 0 Å². The molecule has 12 nitrogen and oxygen atoms in total. The van der Waals surface area contributed by atoms with E-state index in [9.17, 15) is 29.8 Å². The number of nitrogens with one attached hydrogen (secondary N) is 3. The zero-order valence-electron chi connectivity index (χ0n) is 13.9. The molecular formula is C15H14N6O6. The number of hydrogen-bond acceptors (Lipinski definition) is 6. The minimum absolute atomic E-state index is 0.123. The Morgan fingerprint density at radius 1 is 0.815 bits per heavy atom. The molecule has 0 aliphatic rings. The molecule has 140 valence electrons. The van der Waals surface area contributed by atoms with Gasteiger partial charge in [0.25, 0.3) is 11.4 Å². The van der Waals surface area contributed by atoms with Gasteiger partial charge in [-0.05, 0) is 24.3 Å². The van der Waals surface area contributed by atoms with Crippen LogP contribution in [-0.2, 0) is 0 Å². The standard InChI is InChI=1S/C15H14N6O6/c1-19(15(23)17-11-4-8-13(9-5-11)21(26)27)18-14(22)16-10-2-6-12(7-3-10)20(24)25/h2-9H,1H3,(H,17,23)(H2,16,18,22). The van der Waals surface area contributed by atoms with E-state index in [0.29, 0.717) is 11.4 Å². The number of rotatable bonds is 4. The third kappa shape index (κ3) is 5.38. The van der Waals surface area contributed by atoms with Gasteiger partial charge in [0.05, 0.1) is 9.85 Å². The second kappa shape index (κ2) is 8.24. The van der Waals surface area contributed by atoms with Crippen LogP contribution in [0.4, 0.5) is 32.3 Å². The molecule has 3 N–H and O–H groups in total. The molecule has 0 saturated heterocycles. The van der Waals surface area contributed by atoms with Crippen LogP contribution in [0.25, 0.3) is 0 Å². The molecule has 2 aromatic carbocycles. The van der Waals surface area contributed by atoms with E-state index in [1.54, 1.807) is 0 Å². The van der Waals surface area contributed by atoms with Crippen molar-refractivity contribution in [2.75, 3.05) is 17.7 Å². The van der Waals surface area contributed by atoms with E-state index >= 15 is 0 Å². The quantitative estimate of drug-likeness (QED) is 0.551. The number of non-ortho nitro benzene ring substituents is 2. The van der Waals surface area contributed by atoms with Crippen molar-refractivity contribution < 1.29 is 19.4 Å². The highest BCUT2D eigenvalue weighted by Crippen LogP contribution is 2.16. The molecule has 27 heavy (non-hydrogen) atoms. The Balaban J connectivity index is 1.88. The van der Waals surface area contributed by atoms with E-state index in [1.165, 1.54) is 55.6 Å². The second-order valence-electron chi connectivity index (χ2n) is 5.16. The number of carbonyl (C=O) groups is 2. The van der Waals surface area contributed by atoms with Crippen LogP contribution in [0, 0.1) is 20.2 Å². The van der Waals surface area contributed by atoms with Crippen LogP contribution in [0.2, 0.25) is 0 Å². The molecule has 0 spiro atoms. The van der Waals surface area contributed by atoms with Crippen LogP contribution < -0.4 is 16.1 Å². The Labute approximate surface area is 152 Å². The normalized spacial score (nSPS) is 9.81. The van der Waals surface area contributed by atoms with E-state index in [0.717, 1.165) is 5.01 Å². The number of urea groups is 2. The van der Waals surface area contributed by atoms with Gasteiger partial charge < -0.3 is 10.6 Å². The summed E-state index contributed by atoms with van der Waals surface area (Å²) < 4.78 is 0. The highest BCUT2D eigenvalue weighted by atomic mass is 16.6. The lowest BCUT2D eigenvalue weighted by Crippen LogP contribution is -2.47. The summed E-state index contributed by atoms with van der Waals surface area (Å²) in [4.78, 5) is 43.9. The van der Waals surface area contributed by atoms with Crippen molar-refractivity contribution in [3.63, 3.8) is 0 Å². The topological polar surface area (TPSA) is 160 Å². The summed E-state index contributed by atoms with van der Waals surface area (Å²) in [5, 5.41) is 26.9. The largest absolute Gasteiger partial charge is 0.340 e. The average molecular weight is 374 g/mol. The Morgan fingerprint density at radius 3 is 1.63 bits per heavy atom. The predicted octanol–water partition coefficient (Wildman–Crippen LogP) is 2.70. The smallest absolute Gasteiger partial charge is 0.307 e. The summed E-state index contributed by atoms with van der Waals surface area (Å²) in [7, 11) is 1.29. The maximum Gasteiger partial charge on any atom is 0.340 e. The van der Waals surface area contributed by atoms with Crippen molar-refractivity contribution in [2.24, 2.45) is 0 Å². The molecule has 2 aromatic rings. The van der Waals surface area contributed by atoms with Crippen molar-refractivity contribution in [3.05, 3.63) is 68.8 Å². The molecule has 12 heteroatoms. The predicted molar refractivity (Wildman–Crippen MR) is 95.1 cm³/mol. The molecule has 0 radical (unpaired) electrons. The minimum Gasteiger partial charge on any atom is -0.307 e. The van der Waals surface area contributed by atoms with Crippen LogP contribution in [0.3, 0.4) is 0 Å². The van der Waals surface area contributed by atoms with E-state index < -0.39 is 21.9 Å². The van der Waals surface area contributed by atoms with Crippen LogP contribution >= 0.6 is 0 Å². The van der Waals surface area contributed by atoms with Crippen LogP contribution in [0.15, 0.2) is 48.5 Å². The van der Waals surface area contributed by atoms with Gasteiger partial charge in [-0.15, -0.1) is 0 Å². The number of nitro groups is 2. The van der Waals surface area contributed by atoms with Gasteiger partial charge in [0.1, 0.15) is 0 Å². The molecule has 0 unspecified atom stereocenters. The van der Waals surface area contributed by atoms with Crippen molar-refractivity contribution in [1.29, 1.82) is 0 Å². The van der Waals surface area contributed by atoms with E-state index in [-0.39, 0.29) is 11.4 Å². The Kier molecular flexibility index (Phi) is 5.83. The SMILES string of the molecule is CN(NC(=O)Nc1ccc([N+](=O)[O-])cc1)C(=O)Nc1ccc([N+](=O)[O-])cc1. The zero-order valence-corrected chi connectivity index (χ0v) is 13.9. The first-order valence-electron chi connectivity index (χ1n) is 7.37. The molecular weight excluding hydrogens is 360 g/mol. The van der Waals surface area contributed by atoms with Gasteiger partial charge in [-0.25, -0.2) is 20.0 Å². The number of carbonyl (C=O) groups excluding carboxylic acids is 2. The molecule has 0 bridgehead atoms. The summed E-state index contributed by atoms with van der Waals surface area (Å²) >= 11 is 0. The number of hydrazine groups is 1. The second-order valence-corrected chi connectivity index (χ2v) is 5.16. The Morgan fingerprint density at radius 2 is 1.22 bits per heavy atom. The average Bonchev–Trinajstić information content (AvgIpc) is 2.62. The number of anilines is 2. The Bertz CT molecular complexity index is 867. The van der Waals surface area contributed by atoms with Gasteiger partial charge in [-0.1, -0.05) is 0 Å². The van der Waals surface area contributed by atoms with Crippen LogP contribution in [0.5, 0.6) is 0 Å². The molecule has 4 amide bonds. The number of hydrogen-bond donors (Lipinski definition) is 3. The van der Waals surface area contributed by atoms with Crippen LogP contribution in [0.1, 0.15) is 0 Å². The van der Waals surface area contributed by atoms with Gasteiger partial charge in [-0.2, -0.15) is 0 Å². The van der Waals surface area contributed by atoms with Gasteiger partial charge in [0.2, 0.25) is 0 Å². The number of benzene rings is 2. The highest BCUT2D eigenvalue weighted by molar-refractivity contribution is 5.94. The van der Waals surface area contributed by atoms with Gasteiger partial charge in [0.15, 0.2) is 0 Å². The van der Waals surface area contributed by atoms with Crippen molar-refractivity contribution in [2.45, 2.75) is 0 Å². The van der Waals surface area contributed by atoms with Gasteiger partial charge >= 0.3 is 12.1 Å². The van der Waals surface area contributed by atoms with Gasteiger partial charge in [-0.3, -0.25) is 20.2 Å². The maximum absolute atomic E-state index is 12.0. The highest BCUT2D eigenvalue weighted by Gasteiger charge is 2.13. The number of amides is 4. The number of nitro benzene ring substituents is 2. The molecule has 0 fully saturated rings. The summed E-state index contributed by atoms with van der Waals surface area (Å²) in [5.74, 6) is 0. The van der Waals surface area contributed by atoms with Crippen molar-refractivity contribution in [3.8, 4) is 0 Å². The summed E-state index contributed by atoms with van der Waals surface area (Å²) in [6.45, 7) is 0. The first-order chi connectivity index (χ1) is 12.8. The first-order valence-corrected chi connectivity index (χ1v) is 7.37. The van der Waals surface area contributed by atoms with Crippen molar-refractivity contribution >= 4 is 34.8 Å². The summed E-state index contributed by atoms with van der Waals surface area (Å²) in [6.07, 6.45) is 0. The fourth-order valence-electron chi connectivity index (χ4n) is 1.90.